The molecule has 0 bridgehead atoms. The van der Waals surface area contributed by atoms with Crippen molar-refractivity contribution < 1.29 is 9.90 Å². The highest BCUT2D eigenvalue weighted by atomic mass is 79.9. The molecule has 0 aliphatic heterocycles. The lowest BCUT2D eigenvalue weighted by Crippen LogP contribution is -2.48. The Labute approximate surface area is 109 Å². The van der Waals surface area contributed by atoms with E-state index in [1.165, 1.54) is 12.0 Å². The molecule has 0 saturated heterocycles. The number of aliphatic carboxylic acids is 1. The first kappa shape index (κ1) is 12.6. The molecule has 0 unspecified atom stereocenters. The van der Waals surface area contributed by atoms with Gasteiger partial charge in [-0.2, -0.15) is 0 Å². The van der Waals surface area contributed by atoms with Crippen LogP contribution in [-0.4, -0.2) is 17.6 Å². The largest absolute Gasteiger partial charge is 0.481 e. The molecule has 2 N–H and O–H groups in total. The Morgan fingerprint density at radius 3 is 2.47 bits per heavy atom. The van der Waals surface area contributed by atoms with Crippen LogP contribution >= 0.6 is 15.9 Å². The molecule has 0 heterocycles. The van der Waals surface area contributed by atoms with Crippen molar-refractivity contribution in [1.82, 2.24) is 5.32 Å². The highest BCUT2D eigenvalue weighted by Crippen LogP contribution is 2.41. The molecule has 1 aliphatic rings. The fourth-order valence-corrected chi connectivity index (χ4v) is 2.54. The fourth-order valence-electron chi connectivity index (χ4n) is 2.28. The second-order valence-electron chi connectivity index (χ2n) is 4.51. The third kappa shape index (κ3) is 2.87. The molecule has 0 radical (unpaired) electrons. The van der Waals surface area contributed by atoms with Crippen LogP contribution in [0.2, 0.25) is 0 Å². The van der Waals surface area contributed by atoms with Crippen molar-refractivity contribution in [1.29, 1.82) is 0 Å². The Bertz CT molecular complexity index is 398. The molecule has 1 aromatic carbocycles. The van der Waals surface area contributed by atoms with Gasteiger partial charge in [0.25, 0.3) is 0 Å². The highest BCUT2D eigenvalue weighted by molar-refractivity contribution is 9.10. The zero-order valence-corrected chi connectivity index (χ0v) is 11.2. The number of benzene rings is 1. The summed E-state index contributed by atoms with van der Waals surface area (Å²) < 4.78 is 1.07. The van der Waals surface area contributed by atoms with Crippen molar-refractivity contribution >= 4 is 21.9 Å². The summed E-state index contributed by atoms with van der Waals surface area (Å²) in [5, 5.41) is 12.1. The minimum atomic E-state index is -0.747. The fraction of sp³-hybridized carbons (Fsp3) is 0.462. The number of carbonyl (C=O) groups is 1. The average molecular weight is 298 g/mol. The van der Waals surface area contributed by atoms with Crippen LogP contribution < -0.4 is 5.32 Å². The van der Waals surface area contributed by atoms with Gasteiger partial charge < -0.3 is 10.4 Å². The Kier molecular flexibility index (Phi) is 3.84. The van der Waals surface area contributed by atoms with E-state index in [-0.39, 0.29) is 12.0 Å². The van der Waals surface area contributed by atoms with Gasteiger partial charge in [0.05, 0.1) is 6.42 Å². The van der Waals surface area contributed by atoms with Gasteiger partial charge in [-0.3, -0.25) is 4.79 Å². The van der Waals surface area contributed by atoms with Crippen LogP contribution in [0.1, 0.15) is 31.2 Å². The molecule has 0 aromatic heterocycles. The molecule has 17 heavy (non-hydrogen) atoms. The molecule has 1 aliphatic carbocycles. The summed E-state index contributed by atoms with van der Waals surface area (Å²) in [5.74, 6) is -0.747. The highest BCUT2D eigenvalue weighted by Gasteiger charge is 2.37. The molecule has 1 fully saturated rings. The van der Waals surface area contributed by atoms with E-state index in [0.29, 0.717) is 6.54 Å². The zero-order chi connectivity index (χ0) is 12.3. The van der Waals surface area contributed by atoms with Gasteiger partial charge in [-0.15, -0.1) is 0 Å². The van der Waals surface area contributed by atoms with E-state index in [1.807, 2.05) is 12.1 Å². The standard InChI is InChI=1S/C13H16BrNO2/c14-11-4-2-10(3-5-11)13(7-1-8-13)15-9-6-12(16)17/h2-5,15H,1,6-9H2,(H,16,17). The van der Waals surface area contributed by atoms with Crippen molar-refractivity contribution in [2.24, 2.45) is 0 Å². The predicted molar refractivity (Wildman–Crippen MR) is 69.9 cm³/mol. The zero-order valence-electron chi connectivity index (χ0n) is 9.58. The molecule has 0 atom stereocenters. The van der Waals surface area contributed by atoms with Crippen LogP contribution in [0.4, 0.5) is 0 Å². The van der Waals surface area contributed by atoms with Crippen LogP contribution in [0.5, 0.6) is 0 Å². The van der Waals surface area contributed by atoms with Gasteiger partial charge in [-0.05, 0) is 37.0 Å². The quantitative estimate of drug-likeness (QED) is 0.879. The molecule has 92 valence electrons. The normalized spacial score (nSPS) is 17.5. The maximum Gasteiger partial charge on any atom is 0.304 e. The first-order valence-electron chi connectivity index (χ1n) is 5.85. The number of halogens is 1. The number of nitrogens with one attached hydrogen (secondary N) is 1. The molecule has 0 amide bonds. The van der Waals surface area contributed by atoms with Crippen molar-refractivity contribution in [3.63, 3.8) is 0 Å². The summed E-state index contributed by atoms with van der Waals surface area (Å²) in [7, 11) is 0. The summed E-state index contributed by atoms with van der Waals surface area (Å²) in [6, 6.07) is 8.29. The Hall–Kier alpha value is -0.870. The molecule has 2 rings (SSSR count). The maximum atomic E-state index is 10.5. The summed E-state index contributed by atoms with van der Waals surface area (Å²) in [6.07, 6.45) is 3.57. The van der Waals surface area contributed by atoms with E-state index in [0.717, 1.165) is 17.3 Å². The molecule has 1 saturated carbocycles. The van der Waals surface area contributed by atoms with Gasteiger partial charge in [0.1, 0.15) is 0 Å². The van der Waals surface area contributed by atoms with Gasteiger partial charge in [0, 0.05) is 16.6 Å². The Morgan fingerprint density at radius 2 is 2.00 bits per heavy atom. The molecule has 3 nitrogen and oxygen atoms in total. The van der Waals surface area contributed by atoms with Gasteiger partial charge in [0.2, 0.25) is 0 Å². The van der Waals surface area contributed by atoms with Crippen LogP contribution in [0, 0.1) is 0 Å². The predicted octanol–water partition coefficient (Wildman–Crippen LogP) is 2.89. The molecule has 4 heteroatoms. The van der Waals surface area contributed by atoms with Crippen molar-refractivity contribution in [3.8, 4) is 0 Å². The Balaban J connectivity index is 2.03. The Morgan fingerprint density at radius 1 is 1.35 bits per heavy atom. The monoisotopic (exact) mass is 297 g/mol. The van der Waals surface area contributed by atoms with Crippen LogP contribution in [0.3, 0.4) is 0 Å². The molecule has 1 aromatic rings. The van der Waals surface area contributed by atoms with E-state index < -0.39 is 5.97 Å². The van der Waals surface area contributed by atoms with Gasteiger partial charge in [0.15, 0.2) is 0 Å². The van der Waals surface area contributed by atoms with E-state index in [4.69, 9.17) is 5.11 Å². The average Bonchev–Trinajstić information content (AvgIpc) is 2.23. The first-order chi connectivity index (χ1) is 8.12. The topological polar surface area (TPSA) is 49.3 Å². The van der Waals surface area contributed by atoms with Crippen molar-refractivity contribution in [2.45, 2.75) is 31.2 Å². The lowest BCUT2D eigenvalue weighted by atomic mass is 9.72. The van der Waals surface area contributed by atoms with E-state index >= 15 is 0 Å². The third-order valence-corrected chi connectivity index (χ3v) is 3.93. The smallest absolute Gasteiger partial charge is 0.304 e. The second kappa shape index (κ2) is 5.19. The van der Waals surface area contributed by atoms with Crippen LogP contribution in [-0.2, 0) is 10.3 Å². The summed E-state index contributed by atoms with van der Waals surface area (Å²) >= 11 is 3.43. The van der Waals surface area contributed by atoms with E-state index in [1.54, 1.807) is 0 Å². The number of carboxylic acids is 1. The van der Waals surface area contributed by atoms with Gasteiger partial charge in [-0.25, -0.2) is 0 Å². The number of hydrogen-bond donors (Lipinski definition) is 2. The SMILES string of the molecule is O=C(O)CCNC1(c2ccc(Br)cc2)CCC1. The molecular formula is C13H16BrNO2. The molecular weight excluding hydrogens is 282 g/mol. The first-order valence-corrected chi connectivity index (χ1v) is 6.65. The maximum absolute atomic E-state index is 10.5. The third-order valence-electron chi connectivity index (χ3n) is 3.41. The number of hydrogen-bond acceptors (Lipinski definition) is 2. The molecule has 0 spiro atoms. The lowest BCUT2D eigenvalue weighted by Gasteiger charge is -2.43. The van der Waals surface area contributed by atoms with E-state index in [2.05, 4.69) is 33.4 Å². The van der Waals surface area contributed by atoms with Crippen molar-refractivity contribution in [3.05, 3.63) is 34.3 Å². The van der Waals surface area contributed by atoms with Crippen molar-refractivity contribution in [2.75, 3.05) is 6.54 Å². The van der Waals surface area contributed by atoms with Crippen LogP contribution in [0.25, 0.3) is 0 Å². The minimum Gasteiger partial charge on any atom is -0.481 e. The van der Waals surface area contributed by atoms with Crippen LogP contribution in [0.15, 0.2) is 28.7 Å². The summed E-state index contributed by atoms with van der Waals surface area (Å²) in [4.78, 5) is 10.5. The lowest BCUT2D eigenvalue weighted by molar-refractivity contribution is -0.137. The summed E-state index contributed by atoms with van der Waals surface area (Å²) in [5.41, 5.74) is 1.27. The minimum absolute atomic E-state index is 0.0101. The second-order valence-corrected chi connectivity index (χ2v) is 5.43. The van der Waals surface area contributed by atoms with Gasteiger partial charge >= 0.3 is 5.97 Å². The number of carboxylic acid groups (broad SMARTS) is 1. The summed E-state index contributed by atoms with van der Waals surface area (Å²) in [6.45, 7) is 0.533. The van der Waals surface area contributed by atoms with E-state index in [9.17, 15) is 4.79 Å². The van der Waals surface area contributed by atoms with Gasteiger partial charge in [-0.1, -0.05) is 28.1 Å². The number of rotatable bonds is 5.